The number of amides is 1. The Balaban J connectivity index is 3.13. The Morgan fingerprint density at radius 3 is 2.35 bits per heavy atom. The minimum absolute atomic E-state index is 0.0588. The van der Waals surface area contributed by atoms with Crippen molar-refractivity contribution in [3.05, 3.63) is 28.8 Å². The lowest BCUT2D eigenvalue weighted by molar-refractivity contribution is -0.137. The number of benzene rings is 1. The molecule has 130 valence electrons. The van der Waals surface area contributed by atoms with E-state index in [0.29, 0.717) is 6.42 Å². The molecule has 2 N–H and O–H groups in total. The van der Waals surface area contributed by atoms with Gasteiger partial charge in [-0.15, -0.1) is 0 Å². The molecular formula is C13H13Cl4F3N2O. The first-order chi connectivity index (χ1) is 10.4. The van der Waals surface area contributed by atoms with Crippen molar-refractivity contribution in [1.29, 1.82) is 0 Å². The van der Waals surface area contributed by atoms with Gasteiger partial charge in [-0.2, -0.15) is 13.2 Å². The van der Waals surface area contributed by atoms with Crippen LogP contribution in [-0.4, -0.2) is 15.9 Å². The van der Waals surface area contributed by atoms with Gasteiger partial charge in [-0.25, -0.2) is 0 Å². The van der Waals surface area contributed by atoms with E-state index in [1.807, 2.05) is 0 Å². The van der Waals surface area contributed by atoms with Gasteiger partial charge in [0, 0.05) is 17.1 Å². The Morgan fingerprint density at radius 2 is 1.87 bits per heavy atom. The molecule has 0 saturated carbocycles. The van der Waals surface area contributed by atoms with Crippen molar-refractivity contribution in [3.8, 4) is 0 Å². The third-order valence-corrected chi connectivity index (χ3v) is 3.59. The van der Waals surface area contributed by atoms with Crippen molar-refractivity contribution in [2.75, 3.05) is 5.32 Å². The van der Waals surface area contributed by atoms with Gasteiger partial charge >= 0.3 is 6.18 Å². The van der Waals surface area contributed by atoms with E-state index in [0.717, 1.165) is 18.2 Å². The summed E-state index contributed by atoms with van der Waals surface area (Å²) in [5, 5.41) is 4.80. The van der Waals surface area contributed by atoms with E-state index in [9.17, 15) is 18.0 Å². The molecule has 0 radical (unpaired) electrons. The van der Waals surface area contributed by atoms with E-state index in [1.165, 1.54) is 0 Å². The Kier molecular flexibility index (Phi) is 7.13. The Labute approximate surface area is 151 Å². The maximum Gasteiger partial charge on any atom is 0.418 e. The SMILES string of the molecule is CCCC(=O)N[C@H](Nc1cc(Cl)ccc1C(F)(F)F)C(Cl)(Cl)Cl. The average Bonchev–Trinajstić information content (AvgIpc) is 2.35. The molecule has 23 heavy (non-hydrogen) atoms. The summed E-state index contributed by atoms with van der Waals surface area (Å²) in [4.78, 5) is 11.7. The first-order valence-corrected chi connectivity index (χ1v) is 7.95. The number of hydrogen-bond donors (Lipinski definition) is 2. The van der Waals surface area contributed by atoms with Gasteiger partial charge < -0.3 is 10.6 Å². The van der Waals surface area contributed by atoms with E-state index >= 15 is 0 Å². The molecule has 0 heterocycles. The van der Waals surface area contributed by atoms with Gasteiger partial charge in [0.15, 0.2) is 0 Å². The third-order valence-electron chi connectivity index (χ3n) is 2.70. The summed E-state index contributed by atoms with van der Waals surface area (Å²) in [7, 11) is 0. The molecule has 0 unspecified atom stereocenters. The number of anilines is 1. The summed E-state index contributed by atoms with van der Waals surface area (Å²) < 4.78 is 37.0. The van der Waals surface area contributed by atoms with E-state index in [1.54, 1.807) is 6.92 Å². The maximum atomic E-state index is 13.0. The molecule has 1 aromatic carbocycles. The second-order valence-electron chi connectivity index (χ2n) is 4.62. The summed E-state index contributed by atoms with van der Waals surface area (Å²) in [5.74, 6) is -0.466. The second-order valence-corrected chi connectivity index (χ2v) is 7.43. The van der Waals surface area contributed by atoms with E-state index in [4.69, 9.17) is 46.4 Å². The van der Waals surface area contributed by atoms with Crippen molar-refractivity contribution in [3.63, 3.8) is 0 Å². The predicted molar refractivity (Wildman–Crippen MR) is 87.2 cm³/mol. The van der Waals surface area contributed by atoms with Crippen LogP contribution in [0.15, 0.2) is 18.2 Å². The van der Waals surface area contributed by atoms with Crippen molar-refractivity contribution < 1.29 is 18.0 Å². The van der Waals surface area contributed by atoms with Gasteiger partial charge in [-0.1, -0.05) is 53.3 Å². The lowest BCUT2D eigenvalue weighted by Gasteiger charge is -2.28. The zero-order valence-electron chi connectivity index (χ0n) is 11.8. The monoisotopic (exact) mass is 410 g/mol. The fraction of sp³-hybridized carbons (Fsp3) is 0.462. The molecule has 0 aliphatic carbocycles. The summed E-state index contributed by atoms with van der Waals surface area (Å²) in [6.45, 7) is 1.76. The van der Waals surface area contributed by atoms with Gasteiger partial charge in [0.05, 0.1) is 5.56 Å². The average molecular weight is 412 g/mol. The van der Waals surface area contributed by atoms with Crippen LogP contribution in [0.2, 0.25) is 5.02 Å². The number of rotatable bonds is 5. The van der Waals surface area contributed by atoms with Crippen LogP contribution in [-0.2, 0) is 11.0 Å². The lowest BCUT2D eigenvalue weighted by atomic mass is 10.1. The van der Waals surface area contributed by atoms with Crippen LogP contribution in [0.3, 0.4) is 0 Å². The highest BCUT2D eigenvalue weighted by molar-refractivity contribution is 6.68. The number of hydrogen-bond acceptors (Lipinski definition) is 2. The molecule has 0 saturated heterocycles. The molecule has 0 aliphatic rings. The summed E-state index contributed by atoms with van der Waals surface area (Å²) in [5.41, 5.74) is -1.40. The number of carbonyl (C=O) groups is 1. The van der Waals surface area contributed by atoms with Gasteiger partial charge in [0.25, 0.3) is 0 Å². The molecule has 1 amide bonds. The van der Waals surface area contributed by atoms with Crippen molar-refractivity contribution in [1.82, 2.24) is 5.32 Å². The van der Waals surface area contributed by atoms with Crippen LogP contribution in [0.1, 0.15) is 25.3 Å². The van der Waals surface area contributed by atoms with Crippen molar-refractivity contribution >= 4 is 58.0 Å². The Hall–Kier alpha value is -0.560. The van der Waals surface area contributed by atoms with Crippen molar-refractivity contribution in [2.45, 2.75) is 35.9 Å². The van der Waals surface area contributed by atoms with Crippen LogP contribution >= 0.6 is 46.4 Å². The molecule has 10 heteroatoms. The molecule has 0 fully saturated rings. The molecule has 1 aromatic rings. The van der Waals surface area contributed by atoms with E-state index < -0.39 is 33.3 Å². The lowest BCUT2D eigenvalue weighted by Crippen LogP contribution is -2.49. The van der Waals surface area contributed by atoms with Gasteiger partial charge in [-0.3, -0.25) is 4.79 Å². The smallest absolute Gasteiger partial charge is 0.361 e. The molecule has 0 aromatic heterocycles. The minimum Gasteiger partial charge on any atom is -0.361 e. The van der Waals surface area contributed by atoms with Crippen LogP contribution in [0, 0.1) is 0 Å². The van der Waals surface area contributed by atoms with Crippen LogP contribution < -0.4 is 10.6 Å². The van der Waals surface area contributed by atoms with Crippen LogP contribution in [0.25, 0.3) is 0 Å². The molecule has 0 aliphatic heterocycles. The normalized spacial score (nSPS) is 13.6. The first kappa shape index (κ1) is 20.5. The first-order valence-electron chi connectivity index (χ1n) is 6.44. The summed E-state index contributed by atoms with van der Waals surface area (Å²) in [6.07, 6.45) is -5.34. The maximum absolute atomic E-state index is 13.0. The Bertz CT molecular complexity index is 561. The minimum atomic E-state index is -4.64. The number of alkyl halides is 6. The van der Waals surface area contributed by atoms with Crippen molar-refractivity contribution in [2.24, 2.45) is 0 Å². The second kappa shape index (κ2) is 8.01. The summed E-state index contributed by atoms with van der Waals surface area (Å²) >= 11 is 22.9. The molecule has 1 atom stereocenters. The largest absolute Gasteiger partial charge is 0.418 e. The highest BCUT2D eigenvalue weighted by Crippen LogP contribution is 2.38. The fourth-order valence-corrected chi connectivity index (χ4v) is 2.20. The van der Waals surface area contributed by atoms with Gasteiger partial charge in [0.1, 0.15) is 6.17 Å². The Morgan fingerprint density at radius 1 is 1.26 bits per heavy atom. The molecule has 3 nitrogen and oxygen atoms in total. The predicted octanol–water partition coefficient (Wildman–Crippen LogP) is 5.38. The van der Waals surface area contributed by atoms with Gasteiger partial charge in [0.2, 0.25) is 9.70 Å². The standard InChI is InChI=1S/C13H13Cl4F3N2O/c1-2-3-10(23)22-11(12(15,16)17)21-9-6-7(14)4-5-8(9)13(18,19)20/h4-6,11,21H,2-3H2,1H3,(H,22,23)/t11-/m0/s1. The molecule has 0 bridgehead atoms. The fourth-order valence-electron chi connectivity index (χ4n) is 1.70. The van der Waals surface area contributed by atoms with Gasteiger partial charge in [-0.05, 0) is 24.6 Å². The quantitative estimate of drug-likeness (QED) is 0.504. The van der Waals surface area contributed by atoms with E-state index in [2.05, 4.69) is 10.6 Å². The topological polar surface area (TPSA) is 41.1 Å². The highest BCUT2D eigenvalue weighted by atomic mass is 35.6. The van der Waals surface area contributed by atoms with Crippen LogP contribution in [0.5, 0.6) is 0 Å². The van der Waals surface area contributed by atoms with Crippen LogP contribution in [0.4, 0.5) is 18.9 Å². The molecular weight excluding hydrogens is 399 g/mol. The summed E-state index contributed by atoms with van der Waals surface area (Å²) in [6, 6.07) is 2.93. The number of carbonyl (C=O) groups excluding carboxylic acids is 1. The zero-order chi connectivity index (χ0) is 17.8. The number of nitrogens with one attached hydrogen (secondary N) is 2. The highest BCUT2D eigenvalue weighted by Gasteiger charge is 2.38. The zero-order valence-corrected chi connectivity index (χ0v) is 14.8. The third kappa shape index (κ3) is 6.45. The molecule has 1 rings (SSSR count). The molecule has 0 spiro atoms. The number of halogens is 7. The van der Waals surface area contributed by atoms with E-state index in [-0.39, 0.29) is 11.4 Å².